The Morgan fingerprint density at radius 2 is 1.93 bits per heavy atom. The summed E-state index contributed by atoms with van der Waals surface area (Å²) >= 11 is 1.55. The van der Waals surface area contributed by atoms with Gasteiger partial charge in [0.25, 0.3) is 5.56 Å². The number of aliphatic hydroxyl groups is 1. The fourth-order valence-corrected chi connectivity index (χ4v) is 4.16. The molecule has 0 radical (unpaired) electrons. The smallest absolute Gasteiger partial charge is 0.330 e. The Balaban J connectivity index is 1.86. The Morgan fingerprint density at radius 3 is 2.61 bits per heavy atom. The monoisotopic (exact) mass is 402 g/mol. The maximum absolute atomic E-state index is 12.4. The van der Waals surface area contributed by atoms with E-state index < -0.39 is 17.4 Å². The highest BCUT2D eigenvalue weighted by Gasteiger charge is 2.18. The molecular weight excluding hydrogens is 376 g/mol. The summed E-state index contributed by atoms with van der Waals surface area (Å²) in [6.45, 7) is 5.12. The Kier molecular flexibility index (Phi) is 6.74. The number of hydrogen-bond donors (Lipinski definition) is 2. The van der Waals surface area contributed by atoms with Gasteiger partial charge in [0.2, 0.25) is 0 Å². The first-order valence-corrected chi connectivity index (χ1v) is 10.7. The first-order chi connectivity index (χ1) is 13.6. The molecule has 8 heteroatoms. The van der Waals surface area contributed by atoms with E-state index in [0.717, 1.165) is 24.2 Å². The molecule has 3 aromatic rings. The van der Waals surface area contributed by atoms with E-state index in [0.29, 0.717) is 35.8 Å². The molecule has 0 fully saturated rings. The van der Waals surface area contributed by atoms with Crippen LogP contribution in [0, 0.1) is 0 Å². The lowest BCUT2D eigenvalue weighted by Crippen LogP contribution is -2.31. The van der Waals surface area contributed by atoms with Gasteiger partial charge in [-0.3, -0.25) is 14.3 Å². The first-order valence-electron chi connectivity index (χ1n) is 9.59. The first kappa shape index (κ1) is 20.4. The van der Waals surface area contributed by atoms with Crippen LogP contribution in [0.25, 0.3) is 11.2 Å². The molecular formula is C20H26N4O3S. The molecule has 2 N–H and O–H groups in total. The number of benzene rings is 1. The molecule has 0 aliphatic carbocycles. The molecule has 28 heavy (non-hydrogen) atoms. The van der Waals surface area contributed by atoms with Gasteiger partial charge in [0.1, 0.15) is 5.82 Å². The topological polar surface area (TPSA) is 92.9 Å². The Morgan fingerprint density at radius 1 is 1.18 bits per heavy atom. The van der Waals surface area contributed by atoms with Crippen molar-refractivity contribution in [2.75, 3.05) is 5.75 Å². The molecule has 0 aliphatic heterocycles. The zero-order valence-corrected chi connectivity index (χ0v) is 17.0. The molecule has 7 nitrogen and oxygen atoms in total. The average Bonchev–Trinajstić information content (AvgIpc) is 3.07. The van der Waals surface area contributed by atoms with Crippen LogP contribution in [0.3, 0.4) is 0 Å². The van der Waals surface area contributed by atoms with Crippen molar-refractivity contribution in [1.29, 1.82) is 0 Å². The van der Waals surface area contributed by atoms with Crippen molar-refractivity contribution in [2.24, 2.45) is 0 Å². The van der Waals surface area contributed by atoms with Gasteiger partial charge in [0.05, 0.1) is 11.9 Å². The molecule has 1 atom stereocenters. The number of imidazole rings is 1. The van der Waals surface area contributed by atoms with Crippen LogP contribution in [0.4, 0.5) is 0 Å². The summed E-state index contributed by atoms with van der Waals surface area (Å²) in [5.41, 5.74) is 0.956. The fourth-order valence-electron chi connectivity index (χ4n) is 3.23. The molecule has 2 aromatic heterocycles. The van der Waals surface area contributed by atoms with Gasteiger partial charge in [-0.2, -0.15) is 11.8 Å². The van der Waals surface area contributed by atoms with Crippen molar-refractivity contribution < 1.29 is 5.11 Å². The third kappa shape index (κ3) is 4.23. The van der Waals surface area contributed by atoms with Gasteiger partial charge < -0.3 is 9.67 Å². The van der Waals surface area contributed by atoms with E-state index in [9.17, 15) is 14.7 Å². The number of thioether (sulfide) groups is 1. The van der Waals surface area contributed by atoms with E-state index in [1.807, 2.05) is 41.8 Å². The standard InChI is InChI=1S/C20H26N4O3S/c1-3-5-11-24-18-17(19(26)22-20(24)27)23(4-2)16(21-18)13-28-12-15(25)14-9-7-6-8-10-14/h6-10,15,25H,3-5,11-13H2,1-2H3,(H,22,26,27). The maximum atomic E-state index is 12.4. The number of rotatable bonds is 9. The van der Waals surface area contributed by atoms with Crippen LogP contribution in [0.1, 0.15) is 44.2 Å². The second-order valence-corrected chi connectivity index (χ2v) is 7.68. The Bertz CT molecular complexity index is 1040. The van der Waals surface area contributed by atoms with Crippen LogP contribution in [0.2, 0.25) is 0 Å². The minimum atomic E-state index is -0.559. The van der Waals surface area contributed by atoms with Gasteiger partial charge >= 0.3 is 5.69 Å². The second-order valence-electron chi connectivity index (χ2n) is 6.65. The van der Waals surface area contributed by atoms with Gasteiger partial charge in [0.15, 0.2) is 11.2 Å². The number of nitrogens with zero attached hydrogens (tertiary/aromatic N) is 3. The van der Waals surface area contributed by atoms with Crippen molar-refractivity contribution in [3.05, 3.63) is 62.6 Å². The maximum Gasteiger partial charge on any atom is 0.330 e. The number of aliphatic hydroxyl groups excluding tert-OH is 1. The molecule has 2 heterocycles. The van der Waals surface area contributed by atoms with Crippen molar-refractivity contribution in [1.82, 2.24) is 19.1 Å². The minimum absolute atomic E-state index is 0.400. The molecule has 1 unspecified atom stereocenters. The highest BCUT2D eigenvalue weighted by Crippen LogP contribution is 2.22. The molecule has 0 amide bonds. The van der Waals surface area contributed by atoms with Crippen molar-refractivity contribution in [3.8, 4) is 0 Å². The molecule has 3 rings (SSSR count). The lowest BCUT2D eigenvalue weighted by atomic mass is 10.1. The van der Waals surface area contributed by atoms with Crippen LogP contribution in [-0.4, -0.2) is 30.0 Å². The number of nitrogens with one attached hydrogen (secondary N) is 1. The van der Waals surface area contributed by atoms with E-state index in [4.69, 9.17) is 0 Å². The number of unbranched alkanes of at least 4 members (excludes halogenated alkanes) is 1. The van der Waals surface area contributed by atoms with Gasteiger partial charge in [0, 0.05) is 18.8 Å². The van der Waals surface area contributed by atoms with Crippen LogP contribution in [-0.2, 0) is 18.8 Å². The van der Waals surface area contributed by atoms with Gasteiger partial charge in [-0.15, -0.1) is 0 Å². The number of aryl methyl sites for hydroxylation is 2. The summed E-state index contributed by atoms with van der Waals surface area (Å²) < 4.78 is 3.41. The van der Waals surface area contributed by atoms with E-state index in [1.165, 1.54) is 0 Å². The van der Waals surface area contributed by atoms with E-state index >= 15 is 0 Å². The third-order valence-corrected chi connectivity index (χ3v) is 5.72. The lowest BCUT2D eigenvalue weighted by Gasteiger charge is -2.10. The molecule has 0 bridgehead atoms. The number of aromatic amines is 1. The quantitative estimate of drug-likeness (QED) is 0.574. The van der Waals surface area contributed by atoms with Gasteiger partial charge in [-0.1, -0.05) is 43.7 Å². The number of aromatic nitrogens is 4. The average molecular weight is 403 g/mol. The molecule has 0 aliphatic rings. The molecule has 1 aromatic carbocycles. The van der Waals surface area contributed by atoms with Gasteiger partial charge in [-0.25, -0.2) is 9.78 Å². The van der Waals surface area contributed by atoms with Crippen molar-refractivity contribution >= 4 is 22.9 Å². The number of hydrogen-bond acceptors (Lipinski definition) is 5. The van der Waals surface area contributed by atoms with E-state index in [2.05, 4.69) is 16.9 Å². The summed E-state index contributed by atoms with van der Waals surface area (Å²) in [4.78, 5) is 31.7. The van der Waals surface area contributed by atoms with E-state index in [-0.39, 0.29) is 0 Å². The predicted octanol–water partition coefficient (Wildman–Crippen LogP) is 2.67. The normalized spacial score (nSPS) is 12.5. The summed E-state index contributed by atoms with van der Waals surface area (Å²) in [7, 11) is 0. The summed E-state index contributed by atoms with van der Waals surface area (Å²) in [5.74, 6) is 1.81. The van der Waals surface area contributed by atoms with Crippen molar-refractivity contribution in [3.63, 3.8) is 0 Å². The third-order valence-electron chi connectivity index (χ3n) is 4.71. The van der Waals surface area contributed by atoms with Crippen LogP contribution in [0.5, 0.6) is 0 Å². The minimum Gasteiger partial charge on any atom is -0.388 e. The van der Waals surface area contributed by atoms with E-state index in [1.54, 1.807) is 16.3 Å². The fraction of sp³-hybridized carbons (Fsp3) is 0.450. The highest BCUT2D eigenvalue weighted by molar-refractivity contribution is 7.98. The summed E-state index contributed by atoms with van der Waals surface area (Å²) in [6.07, 6.45) is 1.23. The Labute approximate surface area is 167 Å². The zero-order valence-electron chi connectivity index (χ0n) is 16.2. The molecule has 0 spiro atoms. The van der Waals surface area contributed by atoms with Gasteiger partial charge in [-0.05, 0) is 18.9 Å². The van der Waals surface area contributed by atoms with Crippen LogP contribution >= 0.6 is 11.8 Å². The SMILES string of the molecule is CCCCn1c(=O)[nH]c(=O)c2c1nc(CSCC(O)c1ccccc1)n2CC. The lowest BCUT2D eigenvalue weighted by molar-refractivity contribution is 0.204. The van der Waals surface area contributed by atoms with Crippen LogP contribution in [0.15, 0.2) is 39.9 Å². The molecule has 150 valence electrons. The number of fused-ring (bicyclic) bond motifs is 1. The Hall–Kier alpha value is -2.32. The van der Waals surface area contributed by atoms with Crippen LogP contribution < -0.4 is 11.2 Å². The number of H-pyrrole nitrogens is 1. The van der Waals surface area contributed by atoms with Crippen molar-refractivity contribution in [2.45, 2.75) is 51.6 Å². The summed E-state index contributed by atoms with van der Waals surface area (Å²) in [6, 6.07) is 9.53. The largest absolute Gasteiger partial charge is 0.388 e. The second kappa shape index (κ2) is 9.25. The summed E-state index contributed by atoms with van der Waals surface area (Å²) in [5, 5.41) is 10.3. The molecule has 0 saturated heterocycles. The predicted molar refractivity (Wildman–Crippen MR) is 113 cm³/mol. The highest BCUT2D eigenvalue weighted by atomic mass is 32.2. The molecule has 0 saturated carbocycles. The zero-order chi connectivity index (χ0) is 20.1.